The van der Waals surface area contributed by atoms with E-state index in [2.05, 4.69) is 9.73 Å². The van der Waals surface area contributed by atoms with E-state index in [1.165, 1.54) is 12.1 Å². The van der Waals surface area contributed by atoms with Crippen LogP contribution in [0.5, 0.6) is 5.75 Å². The lowest BCUT2D eigenvalue weighted by Gasteiger charge is -2.08. The zero-order chi connectivity index (χ0) is 12.2. The molecule has 0 saturated carbocycles. The monoisotopic (exact) mass is 235 g/mol. The van der Waals surface area contributed by atoms with Gasteiger partial charge in [0.1, 0.15) is 5.75 Å². The van der Waals surface area contributed by atoms with Gasteiger partial charge in [-0.3, -0.25) is 5.21 Å². The van der Waals surface area contributed by atoms with Gasteiger partial charge in [0.15, 0.2) is 0 Å². The lowest BCUT2D eigenvalue weighted by Crippen LogP contribution is -2.27. The molecule has 0 radical (unpaired) electrons. The second kappa shape index (κ2) is 4.71. The van der Waals surface area contributed by atoms with Crippen LogP contribution in [0.4, 0.5) is 18.9 Å². The normalized spacial score (nSPS) is 12.4. The van der Waals surface area contributed by atoms with Crippen molar-refractivity contribution in [2.45, 2.75) is 6.36 Å². The van der Waals surface area contributed by atoms with Crippen molar-refractivity contribution in [1.82, 2.24) is 5.48 Å². The van der Waals surface area contributed by atoms with Gasteiger partial charge in [0.05, 0.1) is 5.69 Å². The average molecular weight is 235 g/mol. The number of nitrogens with two attached hydrogens (primary N) is 1. The summed E-state index contributed by atoms with van der Waals surface area (Å²) in [4.78, 5) is 3.55. The highest BCUT2D eigenvalue weighted by atomic mass is 19.4. The van der Waals surface area contributed by atoms with Gasteiger partial charge >= 0.3 is 6.36 Å². The number of benzene rings is 1. The Bertz CT molecular complexity index is 392. The third-order valence-electron chi connectivity index (χ3n) is 1.42. The molecule has 4 N–H and O–H groups in total. The number of halogens is 3. The Kier molecular flexibility index (Phi) is 3.56. The van der Waals surface area contributed by atoms with E-state index < -0.39 is 12.1 Å². The van der Waals surface area contributed by atoms with E-state index >= 15 is 0 Å². The van der Waals surface area contributed by atoms with Crippen LogP contribution >= 0.6 is 0 Å². The van der Waals surface area contributed by atoms with Crippen molar-refractivity contribution >= 4 is 11.6 Å². The van der Waals surface area contributed by atoms with Gasteiger partial charge in [0.25, 0.3) is 0 Å². The highest BCUT2D eigenvalue weighted by Gasteiger charge is 2.31. The van der Waals surface area contributed by atoms with Crippen LogP contribution in [-0.4, -0.2) is 17.5 Å². The maximum Gasteiger partial charge on any atom is 0.573 e. The van der Waals surface area contributed by atoms with E-state index in [1.54, 1.807) is 5.48 Å². The predicted molar refractivity (Wildman–Crippen MR) is 49.3 cm³/mol. The second-order valence-electron chi connectivity index (χ2n) is 2.65. The fourth-order valence-corrected chi connectivity index (χ4v) is 0.914. The topological polar surface area (TPSA) is 79.9 Å². The number of nitrogens with one attached hydrogen (secondary N) is 1. The van der Waals surface area contributed by atoms with Crippen LogP contribution in [-0.2, 0) is 0 Å². The van der Waals surface area contributed by atoms with E-state index in [-0.39, 0.29) is 11.6 Å². The number of rotatable bonds is 2. The smallest absolute Gasteiger partial charge is 0.406 e. The number of guanidine groups is 1. The molecule has 0 bridgehead atoms. The summed E-state index contributed by atoms with van der Waals surface area (Å²) in [6, 6.07) is 4.85. The quantitative estimate of drug-likeness (QED) is 0.412. The van der Waals surface area contributed by atoms with Gasteiger partial charge in [-0.2, -0.15) is 0 Å². The van der Waals surface area contributed by atoms with Crippen LogP contribution in [0.3, 0.4) is 0 Å². The summed E-state index contributed by atoms with van der Waals surface area (Å²) in [5.41, 5.74) is 6.77. The van der Waals surface area contributed by atoms with Gasteiger partial charge in [-0.15, -0.1) is 13.2 Å². The lowest BCUT2D eigenvalue weighted by molar-refractivity contribution is -0.274. The van der Waals surface area contributed by atoms with Gasteiger partial charge in [-0.05, 0) is 12.1 Å². The van der Waals surface area contributed by atoms with Crippen LogP contribution in [0.1, 0.15) is 0 Å². The third kappa shape index (κ3) is 4.05. The molecule has 1 aromatic carbocycles. The van der Waals surface area contributed by atoms with Gasteiger partial charge in [0, 0.05) is 6.07 Å². The van der Waals surface area contributed by atoms with Crippen LogP contribution in [0.2, 0.25) is 0 Å². The van der Waals surface area contributed by atoms with Gasteiger partial charge in [0.2, 0.25) is 5.96 Å². The zero-order valence-corrected chi connectivity index (χ0v) is 7.82. The van der Waals surface area contributed by atoms with Crippen LogP contribution in [0, 0.1) is 0 Å². The van der Waals surface area contributed by atoms with Crippen LogP contribution in [0.25, 0.3) is 0 Å². The molecular weight excluding hydrogens is 227 g/mol. The van der Waals surface area contributed by atoms with Gasteiger partial charge in [-0.25, -0.2) is 10.5 Å². The molecule has 0 amide bonds. The van der Waals surface area contributed by atoms with E-state index in [9.17, 15) is 13.2 Å². The lowest BCUT2D eigenvalue weighted by atomic mass is 10.3. The van der Waals surface area contributed by atoms with E-state index in [0.717, 1.165) is 12.1 Å². The number of hydrogen-bond donors (Lipinski definition) is 3. The Labute approximate surface area is 88.3 Å². The molecule has 1 rings (SSSR count). The molecule has 0 aromatic heterocycles. The molecule has 0 aliphatic rings. The first-order valence-corrected chi connectivity index (χ1v) is 4.01. The molecule has 16 heavy (non-hydrogen) atoms. The fourth-order valence-electron chi connectivity index (χ4n) is 0.914. The maximum atomic E-state index is 11.9. The summed E-state index contributed by atoms with van der Waals surface area (Å²) >= 11 is 0. The molecule has 1 aromatic rings. The first-order valence-electron chi connectivity index (χ1n) is 4.01. The Balaban J connectivity index is 2.87. The summed E-state index contributed by atoms with van der Waals surface area (Å²) < 4.78 is 39.3. The molecule has 0 heterocycles. The molecule has 0 aliphatic carbocycles. The van der Waals surface area contributed by atoms with E-state index in [1.807, 2.05) is 0 Å². The zero-order valence-electron chi connectivity index (χ0n) is 7.82. The molecule has 5 nitrogen and oxygen atoms in total. The number of hydrogen-bond acceptors (Lipinski definition) is 3. The first kappa shape index (κ1) is 12.1. The van der Waals surface area contributed by atoms with Crippen molar-refractivity contribution in [3.05, 3.63) is 24.3 Å². The molecule has 88 valence electrons. The van der Waals surface area contributed by atoms with E-state index in [0.29, 0.717) is 0 Å². The highest BCUT2D eigenvalue weighted by molar-refractivity contribution is 5.79. The summed E-state index contributed by atoms with van der Waals surface area (Å²) in [7, 11) is 0. The number of nitrogens with zero attached hydrogens (tertiary/aromatic N) is 1. The number of ether oxygens (including phenoxy) is 1. The Morgan fingerprint density at radius 1 is 1.44 bits per heavy atom. The minimum atomic E-state index is -4.76. The summed E-state index contributed by atoms with van der Waals surface area (Å²) in [6.45, 7) is 0. The van der Waals surface area contributed by atoms with Gasteiger partial charge < -0.3 is 10.5 Å². The van der Waals surface area contributed by atoms with Crippen molar-refractivity contribution in [1.29, 1.82) is 0 Å². The molecule has 0 saturated heterocycles. The van der Waals surface area contributed by atoms with Crippen LogP contribution in [0.15, 0.2) is 29.3 Å². The predicted octanol–water partition coefficient (Wildman–Crippen LogP) is 1.51. The number of aliphatic imine (C=N–C) groups is 1. The molecule has 0 aliphatic heterocycles. The van der Waals surface area contributed by atoms with Gasteiger partial charge in [-0.1, -0.05) is 6.07 Å². The molecule has 0 spiro atoms. The van der Waals surface area contributed by atoms with Crippen molar-refractivity contribution in [3.63, 3.8) is 0 Å². The summed E-state index contributed by atoms with van der Waals surface area (Å²) in [5, 5.41) is 8.33. The third-order valence-corrected chi connectivity index (χ3v) is 1.42. The first-order chi connectivity index (χ1) is 7.40. The SMILES string of the molecule is NC(=Nc1cccc(OC(F)(F)F)c1)NO. The molecule has 0 fully saturated rings. The fraction of sp³-hybridized carbons (Fsp3) is 0.125. The molecule has 0 atom stereocenters. The maximum absolute atomic E-state index is 11.9. The average Bonchev–Trinajstić information content (AvgIpc) is 2.15. The van der Waals surface area contributed by atoms with Crippen molar-refractivity contribution in [2.75, 3.05) is 0 Å². The largest absolute Gasteiger partial charge is 0.573 e. The van der Waals surface area contributed by atoms with Crippen molar-refractivity contribution in [2.24, 2.45) is 10.7 Å². The Morgan fingerprint density at radius 2 is 2.12 bits per heavy atom. The highest BCUT2D eigenvalue weighted by Crippen LogP contribution is 2.25. The number of hydroxylamine groups is 1. The second-order valence-corrected chi connectivity index (χ2v) is 2.65. The Morgan fingerprint density at radius 3 is 2.69 bits per heavy atom. The van der Waals surface area contributed by atoms with Crippen molar-refractivity contribution in [3.8, 4) is 5.75 Å². The molecule has 0 unspecified atom stereocenters. The van der Waals surface area contributed by atoms with E-state index in [4.69, 9.17) is 10.9 Å². The van der Waals surface area contributed by atoms with Crippen LogP contribution < -0.4 is 16.0 Å². The Hall–Kier alpha value is -1.96. The molecule has 8 heteroatoms. The standard InChI is InChI=1S/C8H8F3N3O2/c9-8(10,11)16-6-3-1-2-5(4-6)13-7(12)14-15/h1-4,15H,(H3,12,13,14). The molecular formula is C8H8F3N3O2. The number of alkyl halides is 3. The minimum Gasteiger partial charge on any atom is -0.406 e. The minimum absolute atomic E-state index is 0.112. The summed E-state index contributed by atoms with van der Waals surface area (Å²) in [5.74, 6) is -0.761. The summed E-state index contributed by atoms with van der Waals surface area (Å²) in [6.07, 6.45) is -4.76. The van der Waals surface area contributed by atoms with Crippen molar-refractivity contribution < 1.29 is 23.1 Å².